The number of aliphatic hydroxyl groups excluding tert-OH is 1. The van der Waals surface area contributed by atoms with Crippen molar-refractivity contribution in [3.05, 3.63) is 78.4 Å². The highest BCUT2D eigenvalue weighted by atomic mass is 28.3. The number of para-hydroxylation sites is 2. The number of ether oxygens (including phenoxy) is 3. The number of aryl methyl sites for hydroxylation is 1. The Morgan fingerprint density at radius 3 is 2.48 bits per heavy atom. The van der Waals surface area contributed by atoms with E-state index in [4.69, 9.17) is 14.2 Å². The third-order valence-electron chi connectivity index (χ3n) is 10.5. The number of hydrogen-bond donors (Lipinski definition) is 1. The molecule has 46 heavy (non-hydrogen) atoms. The number of hydrogen-bond acceptors (Lipinski definition) is 6. The topological polar surface area (TPSA) is 88.5 Å². The summed E-state index contributed by atoms with van der Waals surface area (Å²) >= 11 is 0. The van der Waals surface area contributed by atoms with Crippen LogP contribution in [0.15, 0.2) is 72.8 Å². The van der Waals surface area contributed by atoms with Crippen LogP contribution in [0.4, 0.5) is 11.4 Å². The molecule has 0 spiro atoms. The van der Waals surface area contributed by atoms with Crippen molar-refractivity contribution in [3.63, 3.8) is 0 Å². The third-order valence-corrected chi connectivity index (χ3v) is 14.9. The molecular weight excluding hydrogens is 597 g/mol. The fourth-order valence-corrected chi connectivity index (χ4v) is 12.1. The number of rotatable bonds is 10. The molecule has 1 N–H and O–H groups in total. The second-order valence-electron chi connectivity index (χ2n) is 13.5. The molecule has 9 heteroatoms. The van der Waals surface area contributed by atoms with Crippen LogP contribution in [0.1, 0.15) is 38.2 Å². The Hall–Kier alpha value is -3.66. The van der Waals surface area contributed by atoms with Gasteiger partial charge in [0.05, 0.1) is 52.1 Å². The predicted octanol–water partition coefficient (Wildman–Crippen LogP) is 5.45. The first-order valence-corrected chi connectivity index (χ1v) is 19.6. The van der Waals surface area contributed by atoms with E-state index in [2.05, 4.69) is 44.3 Å². The molecule has 8 nitrogen and oxygen atoms in total. The SMILES string of the molecule is COc1ccc([Si](C)(C)[C@@H]2[C@@H](C)[C@@H](CCc3ccc(N4C(=O)COc5ccccc54)cc3)O[C@H]2CC(=O)N2CCC[C@H]2CO)cc1. The van der Waals surface area contributed by atoms with Crippen molar-refractivity contribution in [2.45, 2.75) is 75.9 Å². The average Bonchev–Trinajstić information content (AvgIpc) is 3.68. The molecule has 5 atom stereocenters. The van der Waals surface area contributed by atoms with Gasteiger partial charge in [-0.05, 0) is 79.1 Å². The van der Waals surface area contributed by atoms with E-state index in [0.29, 0.717) is 18.7 Å². The van der Waals surface area contributed by atoms with Crippen LogP contribution in [-0.2, 0) is 20.7 Å². The summed E-state index contributed by atoms with van der Waals surface area (Å²) in [6.45, 7) is 7.84. The summed E-state index contributed by atoms with van der Waals surface area (Å²) in [5.74, 6) is 1.82. The highest BCUT2D eigenvalue weighted by molar-refractivity contribution is 6.91. The summed E-state index contributed by atoms with van der Waals surface area (Å²) in [6.07, 6.45) is 3.66. The van der Waals surface area contributed by atoms with Gasteiger partial charge in [-0.2, -0.15) is 0 Å². The molecular formula is C37H46N2O6Si. The van der Waals surface area contributed by atoms with E-state index in [9.17, 15) is 14.7 Å². The largest absolute Gasteiger partial charge is 0.497 e. The molecule has 2 saturated heterocycles. The fourth-order valence-electron chi connectivity index (χ4n) is 7.99. The number of fused-ring (bicyclic) bond motifs is 1. The second kappa shape index (κ2) is 13.6. The molecule has 0 radical (unpaired) electrons. The molecule has 0 unspecified atom stereocenters. The smallest absolute Gasteiger partial charge is 0.269 e. The van der Waals surface area contributed by atoms with Crippen LogP contribution in [0.2, 0.25) is 18.6 Å². The molecule has 3 aromatic carbocycles. The van der Waals surface area contributed by atoms with E-state index in [1.807, 2.05) is 53.4 Å². The predicted molar refractivity (Wildman–Crippen MR) is 182 cm³/mol. The Morgan fingerprint density at radius 1 is 1.02 bits per heavy atom. The molecule has 0 bridgehead atoms. The van der Waals surface area contributed by atoms with Crippen LogP contribution in [-0.4, -0.2) is 75.0 Å². The minimum Gasteiger partial charge on any atom is -0.497 e. The zero-order valence-electron chi connectivity index (χ0n) is 27.4. The van der Waals surface area contributed by atoms with E-state index >= 15 is 0 Å². The Labute approximate surface area is 273 Å². The van der Waals surface area contributed by atoms with Crippen LogP contribution < -0.4 is 19.6 Å². The first-order valence-electron chi connectivity index (χ1n) is 16.5. The molecule has 0 aliphatic carbocycles. The van der Waals surface area contributed by atoms with Crippen molar-refractivity contribution in [1.82, 2.24) is 4.90 Å². The van der Waals surface area contributed by atoms with Crippen LogP contribution in [0.25, 0.3) is 0 Å². The van der Waals surface area contributed by atoms with Crippen molar-refractivity contribution in [3.8, 4) is 11.5 Å². The zero-order valence-corrected chi connectivity index (χ0v) is 28.4. The fraction of sp³-hybridized carbons (Fsp3) is 0.459. The first-order chi connectivity index (χ1) is 22.2. The Bertz CT molecular complexity index is 1530. The van der Waals surface area contributed by atoms with Gasteiger partial charge in [-0.25, -0.2) is 0 Å². The van der Waals surface area contributed by atoms with Crippen LogP contribution >= 0.6 is 0 Å². The molecule has 3 aromatic rings. The van der Waals surface area contributed by atoms with Gasteiger partial charge in [-0.3, -0.25) is 14.5 Å². The number of anilines is 2. The lowest BCUT2D eigenvalue weighted by Gasteiger charge is -2.36. The minimum atomic E-state index is -2.10. The molecule has 0 aromatic heterocycles. The van der Waals surface area contributed by atoms with E-state index in [1.54, 1.807) is 12.0 Å². The molecule has 2 fully saturated rings. The van der Waals surface area contributed by atoms with Crippen molar-refractivity contribution >= 4 is 36.4 Å². The maximum Gasteiger partial charge on any atom is 0.269 e. The van der Waals surface area contributed by atoms with E-state index < -0.39 is 8.07 Å². The number of methoxy groups -OCH3 is 1. The molecule has 6 rings (SSSR count). The van der Waals surface area contributed by atoms with Gasteiger partial charge >= 0.3 is 0 Å². The monoisotopic (exact) mass is 642 g/mol. The van der Waals surface area contributed by atoms with Crippen molar-refractivity contribution in [2.75, 3.05) is 31.8 Å². The van der Waals surface area contributed by atoms with Crippen LogP contribution in [0.5, 0.6) is 11.5 Å². The van der Waals surface area contributed by atoms with Gasteiger partial charge in [0.1, 0.15) is 11.5 Å². The number of likely N-dealkylation sites (tertiary alicyclic amines) is 1. The maximum absolute atomic E-state index is 13.6. The quantitative estimate of drug-likeness (QED) is 0.296. The summed E-state index contributed by atoms with van der Waals surface area (Å²) in [5.41, 5.74) is 3.01. The van der Waals surface area contributed by atoms with Crippen molar-refractivity contribution in [2.24, 2.45) is 5.92 Å². The Morgan fingerprint density at radius 2 is 1.76 bits per heavy atom. The van der Waals surface area contributed by atoms with Gasteiger partial charge in [-0.1, -0.05) is 61.6 Å². The zero-order chi connectivity index (χ0) is 32.4. The molecule has 3 aliphatic rings. The van der Waals surface area contributed by atoms with Crippen LogP contribution in [0.3, 0.4) is 0 Å². The summed E-state index contributed by atoms with van der Waals surface area (Å²) in [6, 6.07) is 24.2. The molecule has 2 amide bonds. The number of nitrogens with zero attached hydrogens (tertiary/aromatic N) is 2. The summed E-state index contributed by atoms with van der Waals surface area (Å²) < 4.78 is 17.9. The van der Waals surface area contributed by atoms with Gasteiger partial charge in [0.25, 0.3) is 5.91 Å². The van der Waals surface area contributed by atoms with Gasteiger partial charge in [-0.15, -0.1) is 0 Å². The van der Waals surface area contributed by atoms with Crippen molar-refractivity contribution in [1.29, 1.82) is 0 Å². The number of aliphatic hydroxyl groups is 1. The lowest BCUT2D eigenvalue weighted by atomic mass is 9.95. The average molecular weight is 643 g/mol. The molecule has 0 saturated carbocycles. The van der Waals surface area contributed by atoms with Gasteiger partial charge in [0.2, 0.25) is 5.91 Å². The third kappa shape index (κ3) is 6.33. The first kappa shape index (κ1) is 32.3. The summed E-state index contributed by atoms with van der Waals surface area (Å²) in [4.78, 5) is 30.0. The van der Waals surface area contributed by atoms with Gasteiger partial charge in [0.15, 0.2) is 6.61 Å². The second-order valence-corrected chi connectivity index (χ2v) is 18.2. The van der Waals surface area contributed by atoms with Crippen LogP contribution in [0, 0.1) is 5.92 Å². The molecule has 3 aliphatic heterocycles. The Balaban J connectivity index is 1.19. The normalized spacial score (nSPS) is 24.5. The minimum absolute atomic E-state index is 0.0107. The number of benzene rings is 3. The standard InChI is InChI=1S/C37H46N2O6Si/c1-25-32(20-13-26-11-14-27(15-12-26)39-31-9-5-6-10-33(31)44-24-36(39)42)45-34(22-35(41)38-21-7-8-28(38)23-40)37(25)46(3,4)30-18-16-29(43-2)17-19-30/h5-6,9-12,14-19,25,28,32,34,37,40H,7-8,13,20-24H2,1-4H3/t25-,28-,32+,34-,37+/m0/s1. The maximum atomic E-state index is 13.6. The van der Waals surface area contributed by atoms with Gasteiger partial charge < -0.3 is 24.2 Å². The lowest BCUT2D eigenvalue weighted by Crippen LogP contribution is -2.51. The summed E-state index contributed by atoms with van der Waals surface area (Å²) in [7, 11) is -0.417. The van der Waals surface area contributed by atoms with Gasteiger partial charge in [0, 0.05) is 12.2 Å². The highest BCUT2D eigenvalue weighted by Gasteiger charge is 2.51. The molecule has 244 valence electrons. The van der Waals surface area contributed by atoms with E-state index in [0.717, 1.165) is 42.8 Å². The number of amides is 2. The van der Waals surface area contributed by atoms with Crippen molar-refractivity contribution < 1.29 is 28.9 Å². The van der Waals surface area contributed by atoms with E-state index in [-0.39, 0.29) is 54.7 Å². The molecule has 3 heterocycles. The highest BCUT2D eigenvalue weighted by Crippen LogP contribution is 2.47. The van der Waals surface area contributed by atoms with E-state index in [1.165, 1.54) is 10.8 Å². The lowest BCUT2D eigenvalue weighted by molar-refractivity contribution is -0.135. The summed E-state index contributed by atoms with van der Waals surface area (Å²) in [5, 5.41) is 11.2. The number of carbonyl (C=O) groups is 2. The Kier molecular flexibility index (Phi) is 9.54. The number of carbonyl (C=O) groups excluding carboxylic acids is 2.